The number of carbonyl (C=O) groups is 2. The van der Waals surface area contributed by atoms with Gasteiger partial charge in [0.15, 0.2) is 0 Å². The molecular weight excluding hydrogens is 435 g/mol. The van der Waals surface area contributed by atoms with E-state index < -0.39 is 6.04 Å². The van der Waals surface area contributed by atoms with E-state index in [4.69, 9.17) is 0 Å². The van der Waals surface area contributed by atoms with Gasteiger partial charge in [0.1, 0.15) is 11.9 Å². The predicted molar refractivity (Wildman–Crippen MR) is 131 cm³/mol. The molecule has 6 heteroatoms. The highest BCUT2D eigenvalue weighted by Gasteiger charge is 2.29. The number of hydrogen-bond donors (Lipinski definition) is 1. The van der Waals surface area contributed by atoms with Crippen molar-refractivity contribution >= 4 is 23.6 Å². The summed E-state index contributed by atoms with van der Waals surface area (Å²) in [5.74, 6) is -0.0598. The molecular formula is C27H29FN2O2S. The molecule has 33 heavy (non-hydrogen) atoms. The van der Waals surface area contributed by atoms with Gasteiger partial charge in [-0.2, -0.15) is 0 Å². The van der Waals surface area contributed by atoms with Gasteiger partial charge in [0.05, 0.1) is 0 Å². The number of rotatable bonds is 10. The number of halogens is 1. The van der Waals surface area contributed by atoms with E-state index >= 15 is 0 Å². The average molecular weight is 465 g/mol. The molecule has 3 aromatic rings. The van der Waals surface area contributed by atoms with Crippen LogP contribution in [0.2, 0.25) is 0 Å². The average Bonchev–Trinajstić information content (AvgIpc) is 2.83. The maximum absolute atomic E-state index is 13.4. The van der Waals surface area contributed by atoms with Gasteiger partial charge in [0.25, 0.3) is 0 Å². The van der Waals surface area contributed by atoms with Gasteiger partial charge in [0.2, 0.25) is 11.8 Å². The summed E-state index contributed by atoms with van der Waals surface area (Å²) in [5.41, 5.74) is 2.94. The van der Waals surface area contributed by atoms with Gasteiger partial charge >= 0.3 is 0 Å². The van der Waals surface area contributed by atoms with Gasteiger partial charge in [-0.1, -0.05) is 60.2 Å². The Morgan fingerprint density at radius 2 is 1.61 bits per heavy atom. The van der Waals surface area contributed by atoms with Crippen molar-refractivity contribution in [3.05, 3.63) is 101 Å². The maximum atomic E-state index is 13.4. The normalized spacial score (nSPS) is 11.6. The summed E-state index contributed by atoms with van der Waals surface area (Å²) < 4.78 is 13.4. The van der Waals surface area contributed by atoms with Gasteiger partial charge in [0, 0.05) is 37.1 Å². The van der Waals surface area contributed by atoms with Crippen LogP contribution in [0.1, 0.15) is 23.1 Å². The summed E-state index contributed by atoms with van der Waals surface area (Å²) in [5, 5.41) is 2.70. The van der Waals surface area contributed by atoms with E-state index in [9.17, 15) is 14.0 Å². The molecule has 0 spiro atoms. The molecule has 0 heterocycles. The Morgan fingerprint density at radius 1 is 0.939 bits per heavy atom. The molecule has 0 aliphatic heterocycles. The van der Waals surface area contributed by atoms with Gasteiger partial charge in [-0.3, -0.25) is 9.59 Å². The van der Waals surface area contributed by atoms with E-state index in [1.54, 1.807) is 35.8 Å². The second-order valence-electron chi connectivity index (χ2n) is 7.88. The number of nitrogens with zero attached hydrogens (tertiary/aromatic N) is 1. The fourth-order valence-electron chi connectivity index (χ4n) is 3.54. The first-order valence-electron chi connectivity index (χ1n) is 10.9. The Balaban J connectivity index is 1.79. The van der Waals surface area contributed by atoms with Crippen LogP contribution in [0.3, 0.4) is 0 Å². The van der Waals surface area contributed by atoms with Crippen LogP contribution in [0.4, 0.5) is 4.39 Å². The lowest BCUT2D eigenvalue weighted by Gasteiger charge is -2.31. The first-order valence-corrected chi connectivity index (χ1v) is 11.9. The van der Waals surface area contributed by atoms with Crippen LogP contribution in [0.5, 0.6) is 0 Å². The molecule has 1 N–H and O–H groups in total. The minimum atomic E-state index is -0.667. The largest absolute Gasteiger partial charge is 0.357 e. The van der Waals surface area contributed by atoms with Crippen molar-refractivity contribution in [3.63, 3.8) is 0 Å². The Bertz CT molecular complexity index is 1040. The first kappa shape index (κ1) is 24.5. The lowest BCUT2D eigenvalue weighted by Crippen LogP contribution is -2.49. The lowest BCUT2D eigenvalue weighted by atomic mass is 10.0. The summed E-state index contributed by atoms with van der Waals surface area (Å²) in [6.07, 6.45) is 0.695. The molecule has 0 radical (unpaired) electrons. The summed E-state index contributed by atoms with van der Waals surface area (Å²) in [6, 6.07) is 23.2. The van der Waals surface area contributed by atoms with Crippen molar-refractivity contribution in [1.82, 2.24) is 10.2 Å². The highest BCUT2D eigenvalue weighted by atomic mass is 32.2. The SMILES string of the molecule is CNC(=O)[C@@H](Cc1ccccc1)N(Cc1ccc(F)cc1)C(=O)CCSc1ccc(C)cc1. The topological polar surface area (TPSA) is 49.4 Å². The zero-order chi connectivity index (χ0) is 23.6. The van der Waals surface area contributed by atoms with Gasteiger partial charge < -0.3 is 10.2 Å². The highest BCUT2D eigenvalue weighted by molar-refractivity contribution is 7.99. The molecule has 3 aromatic carbocycles. The second-order valence-corrected chi connectivity index (χ2v) is 9.05. The monoisotopic (exact) mass is 464 g/mol. The number of carbonyl (C=O) groups excluding carboxylic acids is 2. The maximum Gasteiger partial charge on any atom is 0.242 e. The third-order valence-corrected chi connectivity index (χ3v) is 6.40. The van der Waals surface area contributed by atoms with Crippen LogP contribution in [-0.2, 0) is 22.6 Å². The van der Waals surface area contributed by atoms with Crippen molar-refractivity contribution in [2.75, 3.05) is 12.8 Å². The van der Waals surface area contributed by atoms with E-state index in [0.29, 0.717) is 18.6 Å². The quantitative estimate of drug-likeness (QED) is 0.430. The second kappa shape index (κ2) is 12.2. The third-order valence-electron chi connectivity index (χ3n) is 5.39. The molecule has 0 bridgehead atoms. The van der Waals surface area contributed by atoms with Crippen molar-refractivity contribution in [2.24, 2.45) is 0 Å². The molecule has 0 saturated carbocycles. The number of benzene rings is 3. The predicted octanol–water partition coefficient (Wildman–Crippen LogP) is 5.00. The molecule has 0 aromatic heterocycles. The number of thioether (sulfide) groups is 1. The molecule has 1 atom stereocenters. The summed E-state index contributed by atoms with van der Waals surface area (Å²) >= 11 is 1.62. The van der Waals surface area contributed by atoms with Crippen molar-refractivity contribution in [2.45, 2.75) is 37.2 Å². The van der Waals surface area contributed by atoms with Crippen LogP contribution >= 0.6 is 11.8 Å². The molecule has 0 fully saturated rings. The molecule has 172 valence electrons. The Morgan fingerprint density at radius 3 is 2.24 bits per heavy atom. The van der Waals surface area contributed by atoms with E-state index in [0.717, 1.165) is 16.0 Å². The summed E-state index contributed by atoms with van der Waals surface area (Å²) in [7, 11) is 1.58. The van der Waals surface area contributed by atoms with Crippen LogP contribution in [0.15, 0.2) is 83.8 Å². The zero-order valence-electron chi connectivity index (χ0n) is 19.0. The fraction of sp³-hybridized carbons (Fsp3) is 0.259. The molecule has 0 aliphatic carbocycles. The van der Waals surface area contributed by atoms with Crippen LogP contribution in [0.25, 0.3) is 0 Å². The van der Waals surface area contributed by atoms with E-state index in [1.165, 1.54) is 17.7 Å². The van der Waals surface area contributed by atoms with Gasteiger partial charge in [-0.05, 0) is 42.3 Å². The Labute approximate surface area is 199 Å². The van der Waals surface area contributed by atoms with Crippen molar-refractivity contribution < 1.29 is 14.0 Å². The van der Waals surface area contributed by atoms with E-state index in [-0.39, 0.29) is 24.2 Å². The third kappa shape index (κ3) is 7.46. The number of likely N-dealkylation sites (N-methyl/N-ethyl adjacent to an activating group) is 1. The molecule has 0 unspecified atom stereocenters. The first-order chi connectivity index (χ1) is 16.0. The molecule has 2 amide bonds. The van der Waals surface area contributed by atoms with Crippen LogP contribution in [0, 0.1) is 12.7 Å². The standard InChI is InChI=1S/C27H29FN2O2S/c1-20-8-14-24(15-9-20)33-17-16-26(31)30(19-22-10-12-23(28)13-11-22)25(27(32)29-2)18-21-6-4-3-5-7-21/h3-15,25H,16-19H2,1-2H3,(H,29,32)/t25-/m1/s1. The zero-order valence-corrected chi connectivity index (χ0v) is 19.8. The van der Waals surface area contributed by atoms with Gasteiger partial charge in [-0.15, -0.1) is 11.8 Å². The molecule has 0 saturated heterocycles. The molecule has 3 rings (SSSR count). The van der Waals surface area contributed by atoms with Crippen LogP contribution < -0.4 is 5.32 Å². The molecule has 0 aliphatic rings. The minimum Gasteiger partial charge on any atom is -0.357 e. The number of nitrogens with one attached hydrogen (secondary N) is 1. The molecule has 4 nitrogen and oxygen atoms in total. The number of amides is 2. The van der Waals surface area contributed by atoms with Crippen LogP contribution in [-0.4, -0.2) is 35.6 Å². The lowest BCUT2D eigenvalue weighted by molar-refractivity contribution is -0.140. The Kier molecular flexibility index (Phi) is 9.07. The van der Waals surface area contributed by atoms with Crippen molar-refractivity contribution in [1.29, 1.82) is 0 Å². The summed E-state index contributed by atoms with van der Waals surface area (Å²) in [4.78, 5) is 29.0. The van der Waals surface area contributed by atoms with E-state index in [1.807, 2.05) is 61.5 Å². The van der Waals surface area contributed by atoms with E-state index in [2.05, 4.69) is 5.32 Å². The number of hydrogen-bond acceptors (Lipinski definition) is 3. The highest BCUT2D eigenvalue weighted by Crippen LogP contribution is 2.21. The summed E-state index contributed by atoms with van der Waals surface area (Å²) in [6.45, 7) is 2.27. The van der Waals surface area contributed by atoms with Crippen molar-refractivity contribution in [3.8, 4) is 0 Å². The number of aryl methyl sites for hydroxylation is 1. The Hall–Kier alpha value is -3.12. The smallest absolute Gasteiger partial charge is 0.242 e. The van der Waals surface area contributed by atoms with Gasteiger partial charge in [-0.25, -0.2) is 4.39 Å². The fourth-order valence-corrected chi connectivity index (χ4v) is 4.38. The minimum absolute atomic E-state index is 0.108.